The molecular formula is C9H16S. The molecular weight excluding hydrogens is 140 g/mol. The molecule has 1 aliphatic heterocycles. The van der Waals surface area contributed by atoms with Gasteiger partial charge in [-0.25, -0.2) is 0 Å². The van der Waals surface area contributed by atoms with Crippen molar-refractivity contribution in [1.82, 2.24) is 0 Å². The average Bonchev–Trinajstić information content (AvgIpc) is 1.53. The van der Waals surface area contributed by atoms with E-state index in [2.05, 4.69) is 25.6 Å². The third kappa shape index (κ3) is 0.761. The zero-order valence-electron chi connectivity index (χ0n) is 6.89. The minimum atomic E-state index is 0.846. The monoisotopic (exact) mass is 156 g/mol. The van der Waals surface area contributed by atoms with Gasteiger partial charge >= 0.3 is 0 Å². The topological polar surface area (TPSA) is 0 Å². The lowest BCUT2D eigenvalue weighted by Gasteiger charge is -2.57. The van der Waals surface area contributed by atoms with Crippen molar-refractivity contribution in [2.75, 3.05) is 11.5 Å². The molecule has 2 aliphatic rings. The van der Waals surface area contributed by atoms with Gasteiger partial charge in [0.15, 0.2) is 0 Å². The Hall–Kier alpha value is 0.350. The first-order valence-electron chi connectivity index (χ1n) is 4.32. The summed E-state index contributed by atoms with van der Waals surface area (Å²) in [6.45, 7) is 4.77. The predicted octanol–water partition coefficient (Wildman–Crippen LogP) is 2.79. The van der Waals surface area contributed by atoms with Gasteiger partial charge in [0.1, 0.15) is 0 Å². The Labute approximate surface area is 67.8 Å². The molecule has 2 rings (SSSR count). The summed E-state index contributed by atoms with van der Waals surface area (Å²) in [6, 6.07) is 0. The van der Waals surface area contributed by atoms with E-state index in [4.69, 9.17) is 0 Å². The first-order valence-corrected chi connectivity index (χ1v) is 5.48. The third-order valence-electron chi connectivity index (χ3n) is 3.32. The van der Waals surface area contributed by atoms with Crippen LogP contribution in [0.25, 0.3) is 0 Å². The molecule has 2 fully saturated rings. The van der Waals surface area contributed by atoms with Gasteiger partial charge in [-0.05, 0) is 30.1 Å². The molecule has 0 aromatic rings. The fraction of sp³-hybridized carbons (Fsp3) is 1.00. The number of rotatable bonds is 1. The highest BCUT2D eigenvalue weighted by Crippen LogP contribution is 2.59. The first kappa shape index (κ1) is 7.02. The quantitative estimate of drug-likeness (QED) is 0.562. The largest absolute Gasteiger partial charge is 0.161 e. The second-order valence-electron chi connectivity index (χ2n) is 4.24. The van der Waals surface area contributed by atoms with E-state index in [0.717, 1.165) is 17.3 Å². The second-order valence-corrected chi connectivity index (χ2v) is 5.23. The van der Waals surface area contributed by atoms with Gasteiger partial charge in [0.25, 0.3) is 0 Å². The highest BCUT2D eigenvalue weighted by molar-refractivity contribution is 8.00. The molecule has 0 bridgehead atoms. The molecule has 58 valence electrons. The first-order chi connectivity index (χ1) is 4.75. The zero-order chi connectivity index (χ0) is 7.19. The van der Waals surface area contributed by atoms with Gasteiger partial charge in [-0.15, -0.1) is 0 Å². The summed E-state index contributed by atoms with van der Waals surface area (Å²) in [5, 5.41) is 0. The highest BCUT2D eigenvalue weighted by Gasteiger charge is 2.51. The summed E-state index contributed by atoms with van der Waals surface area (Å²) in [7, 11) is 0. The Morgan fingerprint density at radius 3 is 2.20 bits per heavy atom. The van der Waals surface area contributed by atoms with Crippen LogP contribution in [0.15, 0.2) is 0 Å². The van der Waals surface area contributed by atoms with Crippen molar-refractivity contribution in [3.8, 4) is 0 Å². The SMILES string of the molecule is CC(C)C1CCC12CSC2. The van der Waals surface area contributed by atoms with Crippen LogP contribution in [-0.4, -0.2) is 11.5 Å². The molecule has 1 heteroatoms. The molecule has 10 heavy (non-hydrogen) atoms. The van der Waals surface area contributed by atoms with Gasteiger partial charge < -0.3 is 0 Å². The number of hydrogen-bond donors (Lipinski definition) is 0. The summed E-state index contributed by atoms with van der Waals surface area (Å²) < 4.78 is 0. The molecule has 0 radical (unpaired) electrons. The molecule has 1 aliphatic carbocycles. The molecule has 0 nitrogen and oxygen atoms in total. The maximum atomic E-state index is 2.38. The Bertz CT molecular complexity index is 130. The highest BCUT2D eigenvalue weighted by atomic mass is 32.2. The van der Waals surface area contributed by atoms with Crippen LogP contribution in [0.2, 0.25) is 0 Å². The third-order valence-corrected chi connectivity index (χ3v) is 4.88. The molecule has 1 saturated carbocycles. The Kier molecular flexibility index (Phi) is 1.52. The van der Waals surface area contributed by atoms with E-state index in [0.29, 0.717) is 0 Å². The van der Waals surface area contributed by atoms with Crippen molar-refractivity contribution >= 4 is 11.8 Å². The number of thioether (sulfide) groups is 1. The summed E-state index contributed by atoms with van der Waals surface area (Å²) in [6.07, 6.45) is 3.04. The van der Waals surface area contributed by atoms with Crippen molar-refractivity contribution in [3.63, 3.8) is 0 Å². The fourth-order valence-corrected chi connectivity index (χ4v) is 3.93. The van der Waals surface area contributed by atoms with Gasteiger partial charge in [0.2, 0.25) is 0 Å². The molecule has 1 atom stereocenters. The predicted molar refractivity (Wildman–Crippen MR) is 47.3 cm³/mol. The van der Waals surface area contributed by atoms with Crippen LogP contribution in [-0.2, 0) is 0 Å². The summed E-state index contributed by atoms with van der Waals surface area (Å²) >= 11 is 2.14. The zero-order valence-corrected chi connectivity index (χ0v) is 7.71. The molecule has 0 aromatic heterocycles. The van der Waals surface area contributed by atoms with Gasteiger partial charge in [0, 0.05) is 11.5 Å². The van der Waals surface area contributed by atoms with E-state index in [-0.39, 0.29) is 0 Å². The van der Waals surface area contributed by atoms with Gasteiger partial charge in [0.05, 0.1) is 0 Å². The lowest BCUT2D eigenvalue weighted by molar-refractivity contribution is 0.0316. The van der Waals surface area contributed by atoms with Crippen molar-refractivity contribution in [2.45, 2.75) is 26.7 Å². The minimum absolute atomic E-state index is 0.846. The summed E-state index contributed by atoms with van der Waals surface area (Å²) in [5.74, 6) is 4.95. The summed E-state index contributed by atoms with van der Waals surface area (Å²) in [4.78, 5) is 0. The Morgan fingerprint density at radius 2 is 2.10 bits per heavy atom. The van der Waals surface area contributed by atoms with Crippen molar-refractivity contribution in [3.05, 3.63) is 0 Å². The fourth-order valence-electron chi connectivity index (χ4n) is 2.48. The second kappa shape index (κ2) is 2.17. The van der Waals surface area contributed by atoms with Gasteiger partial charge in [-0.2, -0.15) is 11.8 Å². The van der Waals surface area contributed by atoms with E-state index in [1.165, 1.54) is 24.3 Å². The average molecular weight is 156 g/mol. The van der Waals surface area contributed by atoms with E-state index in [1.54, 1.807) is 0 Å². The normalized spacial score (nSPS) is 35.7. The standard InChI is InChI=1S/C9H16S/c1-7(2)8-3-4-9(8)5-10-6-9/h7-8H,3-6H2,1-2H3. The lowest BCUT2D eigenvalue weighted by atomic mass is 9.58. The Morgan fingerprint density at radius 1 is 1.40 bits per heavy atom. The maximum Gasteiger partial charge on any atom is 0.00000736 e. The molecule has 0 amide bonds. The van der Waals surface area contributed by atoms with Gasteiger partial charge in [-0.1, -0.05) is 13.8 Å². The lowest BCUT2D eigenvalue weighted by Crippen LogP contribution is -2.52. The van der Waals surface area contributed by atoms with Gasteiger partial charge in [-0.3, -0.25) is 0 Å². The van der Waals surface area contributed by atoms with E-state index >= 15 is 0 Å². The van der Waals surface area contributed by atoms with Crippen LogP contribution in [0.3, 0.4) is 0 Å². The molecule has 1 saturated heterocycles. The molecule has 0 aromatic carbocycles. The molecule has 1 heterocycles. The molecule has 0 N–H and O–H groups in total. The van der Waals surface area contributed by atoms with Crippen molar-refractivity contribution in [2.24, 2.45) is 17.3 Å². The minimum Gasteiger partial charge on any atom is -0.161 e. The summed E-state index contributed by atoms with van der Waals surface area (Å²) in [5.41, 5.74) is 0.846. The van der Waals surface area contributed by atoms with Crippen LogP contribution < -0.4 is 0 Å². The van der Waals surface area contributed by atoms with Crippen LogP contribution in [0, 0.1) is 17.3 Å². The van der Waals surface area contributed by atoms with E-state index < -0.39 is 0 Å². The van der Waals surface area contributed by atoms with Crippen molar-refractivity contribution in [1.29, 1.82) is 0 Å². The smallest absolute Gasteiger partial charge is 0.00000736 e. The molecule has 1 unspecified atom stereocenters. The Balaban J connectivity index is 1.99. The van der Waals surface area contributed by atoms with Crippen LogP contribution in [0.5, 0.6) is 0 Å². The van der Waals surface area contributed by atoms with Crippen LogP contribution in [0.4, 0.5) is 0 Å². The van der Waals surface area contributed by atoms with Crippen LogP contribution >= 0.6 is 11.8 Å². The van der Waals surface area contributed by atoms with E-state index in [9.17, 15) is 0 Å². The maximum absolute atomic E-state index is 2.38. The van der Waals surface area contributed by atoms with Crippen molar-refractivity contribution < 1.29 is 0 Å². The van der Waals surface area contributed by atoms with Crippen LogP contribution in [0.1, 0.15) is 26.7 Å². The van der Waals surface area contributed by atoms with E-state index in [1.807, 2.05) is 0 Å². The molecule has 1 spiro atoms. The number of hydrogen-bond acceptors (Lipinski definition) is 1.